The molecule has 186 valence electrons. The molecule has 8 nitrogen and oxygen atoms in total. The van der Waals surface area contributed by atoms with E-state index in [4.69, 9.17) is 14.7 Å². The summed E-state index contributed by atoms with van der Waals surface area (Å²) in [6, 6.07) is 3.85. The molecule has 1 aromatic carbocycles. The van der Waals surface area contributed by atoms with Crippen molar-refractivity contribution in [2.45, 2.75) is 63.7 Å². The zero-order valence-electron chi connectivity index (χ0n) is 20.0. The van der Waals surface area contributed by atoms with E-state index in [1.165, 1.54) is 12.1 Å². The van der Waals surface area contributed by atoms with E-state index in [9.17, 15) is 13.9 Å². The Bertz CT molecular complexity index is 1450. The third-order valence-corrected chi connectivity index (χ3v) is 7.03. The van der Waals surface area contributed by atoms with Crippen molar-refractivity contribution in [2.75, 3.05) is 6.61 Å². The fourth-order valence-corrected chi connectivity index (χ4v) is 4.80. The number of aliphatic hydroxyl groups is 1. The number of benzene rings is 1. The summed E-state index contributed by atoms with van der Waals surface area (Å²) in [6.07, 6.45) is 6.46. The van der Waals surface area contributed by atoms with Crippen LogP contribution in [0.15, 0.2) is 30.6 Å². The molecule has 0 spiro atoms. The van der Waals surface area contributed by atoms with Gasteiger partial charge in [0, 0.05) is 29.3 Å². The Hall–Kier alpha value is -3.37. The summed E-state index contributed by atoms with van der Waals surface area (Å²) < 4.78 is 36.7. The first-order valence-corrected chi connectivity index (χ1v) is 12.2. The average Bonchev–Trinajstić information content (AvgIpc) is 3.60. The lowest BCUT2D eigenvalue weighted by Gasteiger charge is -2.33. The monoisotopic (exact) mass is 492 g/mol. The number of nitrogens with zero attached hydrogens (tertiary/aromatic N) is 6. The minimum atomic E-state index is -0.730. The van der Waals surface area contributed by atoms with Crippen molar-refractivity contribution in [2.24, 2.45) is 0 Å². The van der Waals surface area contributed by atoms with Crippen molar-refractivity contribution in [3.8, 4) is 11.3 Å². The van der Waals surface area contributed by atoms with Gasteiger partial charge in [0.25, 0.3) is 0 Å². The van der Waals surface area contributed by atoms with Crippen LogP contribution in [0.2, 0.25) is 0 Å². The van der Waals surface area contributed by atoms with E-state index in [1.807, 2.05) is 30.9 Å². The fraction of sp³-hybridized carbons (Fsp3) is 0.423. The molecular weight excluding hydrogens is 466 g/mol. The first kappa shape index (κ1) is 23.1. The van der Waals surface area contributed by atoms with Gasteiger partial charge in [0.1, 0.15) is 28.7 Å². The van der Waals surface area contributed by atoms with Crippen molar-refractivity contribution in [3.63, 3.8) is 0 Å². The molecule has 36 heavy (non-hydrogen) atoms. The van der Waals surface area contributed by atoms with Crippen LogP contribution < -0.4 is 0 Å². The number of hydrogen-bond acceptors (Lipinski definition) is 7. The van der Waals surface area contributed by atoms with E-state index >= 15 is 0 Å². The van der Waals surface area contributed by atoms with E-state index in [0.717, 1.165) is 24.5 Å². The van der Waals surface area contributed by atoms with Crippen LogP contribution in [-0.4, -0.2) is 47.5 Å². The Morgan fingerprint density at radius 2 is 1.86 bits per heavy atom. The van der Waals surface area contributed by atoms with Gasteiger partial charge in [0.05, 0.1) is 42.4 Å². The van der Waals surface area contributed by atoms with E-state index in [0.29, 0.717) is 47.3 Å². The average molecular weight is 493 g/mol. The molecule has 0 radical (unpaired) electrons. The van der Waals surface area contributed by atoms with Gasteiger partial charge in [-0.2, -0.15) is 5.10 Å². The Morgan fingerprint density at radius 3 is 2.61 bits per heavy atom. The number of halogens is 2. The van der Waals surface area contributed by atoms with Crippen LogP contribution in [0.1, 0.15) is 66.5 Å². The Labute approximate surface area is 206 Å². The fourth-order valence-electron chi connectivity index (χ4n) is 4.80. The van der Waals surface area contributed by atoms with Crippen molar-refractivity contribution in [1.29, 1.82) is 0 Å². The molecule has 0 amide bonds. The second kappa shape index (κ2) is 8.94. The summed E-state index contributed by atoms with van der Waals surface area (Å²) in [5.74, 6) is -1.11. The number of ether oxygens (including phenoxy) is 1. The summed E-state index contributed by atoms with van der Waals surface area (Å²) in [4.78, 5) is 18.7. The normalized spacial score (nSPS) is 22.3. The van der Waals surface area contributed by atoms with Gasteiger partial charge >= 0.3 is 0 Å². The lowest BCUT2D eigenvalue weighted by atomic mass is 9.88. The zero-order chi connectivity index (χ0) is 25.0. The number of hydrogen-bond donors (Lipinski definition) is 1. The highest BCUT2D eigenvalue weighted by Crippen LogP contribution is 2.41. The van der Waals surface area contributed by atoms with E-state index in [-0.39, 0.29) is 29.9 Å². The van der Waals surface area contributed by atoms with Gasteiger partial charge in [-0.3, -0.25) is 4.68 Å². The highest BCUT2D eigenvalue weighted by atomic mass is 19.1. The Kier molecular flexibility index (Phi) is 5.72. The summed E-state index contributed by atoms with van der Waals surface area (Å²) in [7, 11) is 0. The molecular formula is C26H26F2N6O2. The maximum absolute atomic E-state index is 14.9. The smallest absolute Gasteiger partial charge is 0.182 e. The Morgan fingerprint density at radius 1 is 1.06 bits per heavy atom. The van der Waals surface area contributed by atoms with Crippen LogP contribution in [0, 0.1) is 25.5 Å². The van der Waals surface area contributed by atoms with Crippen LogP contribution in [-0.2, 0) is 4.74 Å². The maximum Gasteiger partial charge on any atom is 0.182 e. The zero-order valence-corrected chi connectivity index (χ0v) is 20.0. The molecule has 4 aromatic rings. The van der Waals surface area contributed by atoms with E-state index < -0.39 is 17.7 Å². The van der Waals surface area contributed by atoms with Crippen LogP contribution in [0.5, 0.6) is 0 Å². The van der Waals surface area contributed by atoms with Gasteiger partial charge in [0.2, 0.25) is 0 Å². The maximum atomic E-state index is 14.9. The molecule has 6 rings (SSSR count). The minimum absolute atomic E-state index is 0.135. The Balaban J connectivity index is 1.44. The topological polar surface area (TPSA) is 98.8 Å². The molecule has 1 aliphatic heterocycles. The molecule has 10 heteroatoms. The van der Waals surface area contributed by atoms with E-state index in [2.05, 4.69) is 15.1 Å². The lowest BCUT2D eigenvalue weighted by molar-refractivity contribution is -0.0819. The number of rotatable bonds is 5. The predicted octanol–water partition coefficient (Wildman–Crippen LogP) is 4.51. The molecule has 3 atom stereocenters. The molecule has 0 bridgehead atoms. The van der Waals surface area contributed by atoms with Crippen molar-refractivity contribution >= 4 is 11.2 Å². The molecule has 2 fully saturated rings. The van der Waals surface area contributed by atoms with Crippen molar-refractivity contribution in [1.82, 2.24) is 29.7 Å². The minimum Gasteiger partial charge on any atom is -0.394 e. The molecule has 3 aromatic heterocycles. The van der Waals surface area contributed by atoms with Gasteiger partial charge in [-0.15, -0.1) is 0 Å². The molecule has 2 aliphatic rings. The quantitative estimate of drug-likeness (QED) is 0.438. The molecule has 0 unspecified atom stereocenters. The van der Waals surface area contributed by atoms with Gasteiger partial charge in [-0.1, -0.05) is 0 Å². The lowest BCUT2D eigenvalue weighted by Crippen LogP contribution is -2.30. The molecule has 1 saturated carbocycles. The summed E-state index contributed by atoms with van der Waals surface area (Å²) in [6.45, 7) is 3.51. The number of aryl methyl sites for hydroxylation is 2. The highest BCUT2D eigenvalue weighted by Gasteiger charge is 2.35. The number of fused-ring (bicyclic) bond motifs is 1. The standard InChI is InChI=1S/C26H26F2N6O2/c1-13-14(2)31-26-24(30-13)23(20-6-3-17(27)9-21(20)28)32-25(33-26)15-7-19(12-35)36-22(8-15)16-10-29-34(11-16)18-4-5-18/h3,6,9-11,15,18-19,22,35H,4-5,7-8,12H2,1-2H3/t15-,19+,22+/m0/s1. The van der Waals surface area contributed by atoms with Gasteiger partial charge in [0.15, 0.2) is 5.65 Å². The largest absolute Gasteiger partial charge is 0.394 e. The number of aliphatic hydroxyl groups excluding tert-OH is 1. The van der Waals surface area contributed by atoms with Crippen LogP contribution in [0.3, 0.4) is 0 Å². The van der Waals surface area contributed by atoms with Crippen LogP contribution in [0.4, 0.5) is 8.78 Å². The van der Waals surface area contributed by atoms with Gasteiger partial charge < -0.3 is 9.84 Å². The second-order valence-electron chi connectivity index (χ2n) is 9.70. The summed E-state index contributed by atoms with van der Waals surface area (Å²) in [5.41, 5.74) is 3.46. The first-order chi connectivity index (χ1) is 17.4. The SMILES string of the molecule is Cc1nc2nc([C@H]3C[C@H](CO)O[C@@H](c4cnn(C5CC5)c4)C3)nc(-c3ccc(F)cc3F)c2nc1C. The van der Waals surface area contributed by atoms with E-state index in [1.54, 1.807) is 0 Å². The van der Waals surface area contributed by atoms with Crippen LogP contribution in [0.25, 0.3) is 22.4 Å². The highest BCUT2D eigenvalue weighted by molar-refractivity contribution is 5.87. The molecule has 4 heterocycles. The molecule has 1 N–H and O–H groups in total. The van der Waals surface area contributed by atoms with Gasteiger partial charge in [-0.05, 0) is 51.7 Å². The first-order valence-electron chi connectivity index (χ1n) is 12.2. The second-order valence-corrected chi connectivity index (χ2v) is 9.70. The van der Waals surface area contributed by atoms with Crippen molar-refractivity contribution in [3.05, 3.63) is 65.0 Å². The summed E-state index contributed by atoms with van der Waals surface area (Å²) in [5, 5.41) is 14.4. The van der Waals surface area contributed by atoms with Crippen molar-refractivity contribution < 1.29 is 18.6 Å². The van der Waals surface area contributed by atoms with Gasteiger partial charge in [-0.25, -0.2) is 28.7 Å². The molecule has 1 aliphatic carbocycles. The third kappa shape index (κ3) is 4.24. The number of aromatic nitrogens is 6. The third-order valence-electron chi connectivity index (χ3n) is 7.03. The summed E-state index contributed by atoms with van der Waals surface area (Å²) >= 11 is 0. The van der Waals surface area contributed by atoms with Crippen LogP contribution >= 0.6 is 0 Å². The molecule has 1 saturated heterocycles. The predicted molar refractivity (Wildman–Crippen MR) is 127 cm³/mol.